The van der Waals surface area contributed by atoms with Crippen LogP contribution in [0, 0.1) is 0 Å². The molecular formula is C16H22N4O2. The molecule has 118 valence electrons. The summed E-state index contributed by atoms with van der Waals surface area (Å²) in [6.07, 6.45) is 5.43. The second-order valence-corrected chi connectivity index (χ2v) is 6.55. The van der Waals surface area contributed by atoms with Gasteiger partial charge in [0.25, 0.3) is 0 Å². The first-order chi connectivity index (χ1) is 10.4. The SMILES string of the molecule is CC(C)(C)OC(=O)N1CCNC(c2cccn3ccnc23)C1. The lowest BCUT2D eigenvalue weighted by Crippen LogP contribution is -2.49. The number of rotatable bonds is 1. The Morgan fingerprint density at radius 2 is 2.23 bits per heavy atom. The van der Waals surface area contributed by atoms with Crippen molar-refractivity contribution in [3.63, 3.8) is 0 Å². The minimum Gasteiger partial charge on any atom is -0.444 e. The van der Waals surface area contributed by atoms with Crippen LogP contribution in [0.3, 0.4) is 0 Å². The first-order valence-corrected chi connectivity index (χ1v) is 7.57. The van der Waals surface area contributed by atoms with Crippen LogP contribution in [0.25, 0.3) is 5.65 Å². The van der Waals surface area contributed by atoms with Gasteiger partial charge in [0.15, 0.2) is 0 Å². The van der Waals surface area contributed by atoms with Gasteiger partial charge in [0.05, 0.1) is 6.04 Å². The third-order valence-electron chi connectivity index (χ3n) is 3.65. The lowest BCUT2D eigenvalue weighted by molar-refractivity contribution is 0.0195. The van der Waals surface area contributed by atoms with Crippen molar-refractivity contribution in [2.45, 2.75) is 32.4 Å². The maximum atomic E-state index is 12.3. The molecule has 0 spiro atoms. The predicted molar refractivity (Wildman–Crippen MR) is 83.7 cm³/mol. The van der Waals surface area contributed by atoms with Crippen LogP contribution in [0.1, 0.15) is 32.4 Å². The van der Waals surface area contributed by atoms with Crippen LogP contribution in [-0.2, 0) is 4.74 Å². The molecule has 1 aliphatic heterocycles. The molecule has 1 saturated heterocycles. The van der Waals surface area contributed by atoms with Crippen LogP contribution in [0.5, 0.6) is 0 Å². The Hall–Kier alpha value is -2.08. The normalized spacial score (nSPS) is 19.4. The summed E-state index contributed by atoms with van der Waals surface area (Å²) in [5.74, 6) is 0. The molecule has 2 aromatic heterocycles. The molecular weight excluding hydrogens is 280 g/mol. The van der Waals surface area contributed by atoms with Crippen LogP contribution < -0.4 is 5.32 Å². The second kappa shape index (κ2) is 5.61. The molecule has 6 heteroatoms. The Labute approximate surface area is 130 Å². The number of hydrogen-bond donors (Lipinski definition) is 1. The molecule has 1 N–H and O–H groups in total. The van der Waals surface area contributed by atoms with Crippen LogP contribution in [0.15, 0.2) is 30.7 Å². The van der Waals surface area contributed by atoms with E-state index in [-0.39, 0.29) is 12.1 Å². The highest BCUT2D eigenvalue weighted by molar-refractivity contribution is 5.68. The van der Waals surface area contributed by atoms with E-state index >= 15 is 0 Å². The molecule has 1 fully saturated rings. The van der Waals surface area contributed by atoms with Gasteiger partial charge in [-0.1, -0.05) is 6.07 Å². The monoisotopic (exact) mass is 302 g/mol. The Morgan fingerprint density at radius 1 is 1.41 bits per heavy atom. The number of imidazole rings is 1. The van der Waals surface area contributed by atoms with E-state index in [0.29, 0.717) is 13.1 Å². The van der Waals surface area contributed by atoms with Gasteiger partial charge in [-0.05, 0) is 26.8 Å². The van der Waals surface area contributed by atoms with Crippen LogP contribution >= 0.6 is 0 Å². The van der Waals surface area contributed by atoms with E-state index in [0.717, 1.165) is 17.8 Å². The molecule has 0 radical (unpaired) electrons. The fraction of sp³-hybridized carbons (Fsp3) is 0.500. The molecule has 22 heavy (non-hydrogen) atoms. The van der Waals surface area contributed by atoms with E-state index in [1.165, 1.54) is 0 Å². The summed E-state index contributed by atoms with van der Waals surface area (Å²) in [6.45, 7) is 7.64. The minimum absolute atomic E-state index is 0.0624. The third-order valence-corrected chi connectivity index (χ3v) is 3.65. The van der Waals surface area contributed by atoms with Crippen molar-refractivity contribution < 1.29 is 9.53 Å². The predicted octanol–water partition coefficient (Wildman–Crippen LogP) is 2.22. The standard InChI is InChI=1S/C16H22N4O2/c1-16(2,3)22-15(21)20-10-6-17-13(11-20)12-5-4-8-19-9-7-18-14(12)19/h4-5,7-9,13,17H,6,10-11H2,1-3H3. The topological polar surface area (TPSA) is 58.9 Å². The maximum absolute atomic E-state index is 12.3. The number of amides is 1. The Kier molecular flexibility index (Phi) is 3.78. The molecule has 0 bridgehead atoms. The summed E-state index contributed by atoms with van der Waals surface area (Å²) in [5.41, 5.74) is 1.55. The number of pyridine rings is 1. The number of nitrogens with one attached hydrogen (secondary N) is 1. The van der Waals surface area contributed by atoms with Gasteiger partial charge in [0, 0.05) is 43.8 Å². The van der Waals surface area contributed by atoms with Gasteiger partial charge in [-0.25, -0.2) is 9.78 Å². The number of fused-ring (bicyclic) bond motifs is 1. The summed E-state index contributed by atoms with van der Waals surface area (Å²) in [4.78, 5) is 18.4. The smallest absolute Gasteiger partial charge is 0.410 e. The summed E-state index contributed by atoms with van der Waals surface area (Å²) in [7, 11) is 0. The van der Waals surface area contributed by atoms with Crippen molar-refractivity contribution in [3.8, 4) is 0 Å². The number of hydrogen-bond acceptors (Lipinski definition) is 4. The van der Waals surface area contributed by atoms with Crippen molar-refractivity contribution in [3.05, 3.63) is 36.3 Å². The first-order valence-electron chi connectivity index (χ1n) is 7.57. The average Bonchev–Trinajstić information content (AvgIpc) is 2.94. The van der Waals surface area contributed by atoms with E-state index in [4.69, 9.17) is 4.74 Å². The van der Waals surface area contributed by atoms with Crippen LogP contribution in [0.2, 0.25) is 0 Å². The first kappa shape index (κ1) is 14.8. The Balaban J connectivity index is 1.78. The van der Waals surface area contributed by atoms with Gasteiger partial charge in [-0.15, -0.1) is 0 Å². The molecule has 3 rings (SSSR count). The van der Waals surface area contributed by atoms with E-state index in [2.05, 4.69) is 16.4 Å². The molecule has 1 aliphatic rings. The highest BCUT2D eigenvalue weighted by atomic mass is 16.6. The number of carbonyl (C=O) groups excluding carboxylic acids is 1. The van der Waals surface area contributed by atoms with Crippen molar-refractivity contribution >= 4 is 11.7 Å². The molecule has 6 nitrogen and oxygen atoms in total. The summed E-state index contributed by atoms with van der Waals surface area (Å²) in [6, 6.07) is 4.11. The number of aromatic nitrogens is 2. The molecule has 1 amide bonds. The van der Waals surface area contributed by atoms with Gasteiger partial charge in [-0.3, -0.25) is 0 Å². The highest BCUT2D eigenvalue weighted by Crippen LogP contribution is 2.22. The maximum Gasteiger partial charge on any atom is 0.410 e. The van der Waals surface area contributed by atoms with Crippen molar-refractivity contribution in [1.82, 2.24) is 19.6 Å². The summed E-state index contributed by atoms with van der Waals surface area (Å²) >= 11 is 0. The van der Waals surface area contributed by atoms with Crippen molar-refractivity contribution in [2.24, 2.45) is 0 Å². The zero-order valence-corrected chi connectivity index (χ0v) is 13.2. The Morgan fingerprint density at radius 3 is 3.00 bits per heavy atom. The molecule has 3 heterocycles. The van der Waals surface area contributed by atoms with E-state index in [1.807, 2.05) is 43.6 Å². The fourth-order valence-corrected chi connectivity index (χ4v) is 2.69. The molecule has 0 saturated carbocycles. The molecule has 1 unspecified atom stereocenters. The van der Waals surface area contributed by atoms with Crippen molar-refractivity contribution in [1.29, 1.82) is 0 Å². The van der Waals surface area contributed by atoms with Gasteiger partial charge >= 0.3 is 6.09 Å². The van der Waals surface area contributed by atoms with Gasteiger partial charge in [0.1, 0.15) is 11.2 Å². The van der Waals surface area contributed by atoms with Crippen molar-refractivity contribution in [2.75, 3.05) is 19.6 Å². The number of ether oxygens (including phenoxy) is 1. The summed E-state index contributed by atoms with van der Waals surface area (Å²) in [5, 5.41) is 3.46. The van der Waals surface area contributed by atoms with E-state index < -0.39 is 5.60 Å². The van der Waals surface area contributed by atoms with Gasteiger partial charge in [0.2, 0.25) is 0 Å². The zero-order valence-electron chi connectivity index (χ0n) is 13.2. The fourth-order valence-electron chi connectivity index (χ4n) is 2.69. The molecule has 1 atom stereocenters. The third kappa shape index (κ3) is 3.06. The average molecular weight is 302 g/mol. The zero-order chi connectivity index (χ0) is 15.7. The lowest BCUT2D eigenvalue weighted by Gasteiger charge is -2.35. The second-order valence-electron chi connectivity index (χ2n) is 6.55. The highest BCUT2D eigenvalue weighted by Gasteiger charge is 2.29. The Bertz CT molecular complexity index is 674. The number of carbonyl (C=O) groups is 1. The van der Waals surface area contributed by atoms with Crippen LogP contribution in [-0.4, -0.2) is 45.6 Å². The number of piperazine rings is 1. The quantitative estimate of drug-likeness (QED) is 0.877. The van der Waals surface area contributed by atoms with E-state index in [9.17, 15) is 4.79 Å². The summed E-state index contributed by atoms with van der Waals surface area (Å²) < 4.78 is 7.46. The molecule has 2 aromatic rings. The lowest BCUT2D eigenvalue weighted by atomic mass is 10.1. The number of nitrogens with zero attached hydrogens (tertiary/aromatic N) is 3. The molecule has 0 aromatic carbocycles. The largest absolute Gasteiger partial charge is 0.444 e. The minimum atomic E-state index is -0.472. The van der Waals surface area contributed by atoms with Crippen LogP contribution in [0.4, 0.5) is 4.79 Å². The van der Waals surface area contributed by atoms with Gasteiger partial charge in [-0.2, -0.15) is 0 Å². The molecule has 0 aliphatic carbocycles. The van der Waals surface area contributed by atoms with E-state index in [1.54, 1.807) is 11.1 Å². The van der Waals surface area contributed by atoms with Gasteiger partial charge < -0.3 is 19.4 Å².